The van der Waals surface area contributed by atoms with Gasteiger partial charge in [0.05, 0.1) is 5.88 Å². The van der Waals surface area contributed by atoms with Gasteiger partial charge in [0.1, 0.15) is 11.6 Å². The molecular formula is C16H23N3O3S. The minimum atomic E-state index is -0.633. The maximum absolute atomic E-state index is 12.7. The molecule has 0 saturated carbocycles. The zero-order chi connectivity index (χ0) is 16.9. The fourth-order valence-corrected chi connectivity index (χ4v) is 3.17. The summed E-state index contributed by atoms with van der Waals surface area (Å²) in [7, 11) is 0. The average Bonchev–Trinajstić information content (AvgIpc) is 2.99. The van der Waals surface area contributed by atoms with Crippen molar-refractivity contribution in [3.8, 4) is 0 Å². The molecule has 1 aliphatic heterocycles. The summed E-state index contributed by atoms with van der Waals surface area (Å²) in [5.41, 5.74) is 0.346. The van der Waals surface area contributed by atoms with Crippen LogP contribution >= 0.6 is 11.8 Å². The van der Waals surface area contributed by atoms with Gasteiger partial charge in [-0.25, -0.2) is 4.79 Å². The molecule has 1 atom stereocenters. The van der Waals surface area contributed by atoms with E-state index in [0.29, 0.717) is 18.8 Å². The molecule has 1 aliphatic rings. The van der Waals surface area contributed by atoms with E-state index in [1.165, 1.54) is 0 Å². The third-order valence-electron chi connectivity index (χ3n) is 3.24. The van der Waals surface area contributed by atoms with Crippen molar-refractivity contribution in [3.63, 3.8) is 0 Å². The highest BCUT2D eigenvalue weighted by Gasteiger charge is 2.29. The van der Waals surface area contributed by atoms with Gasteiger partial charge in [-0.2, -0.15) is 0 Å². The largest absolute Gasteiger partial charge is 0.444 e. The lowest BCUT2D eigenvalue weighted by molar-refractivity contribution is -0.132. The number of pyridine rings is 1. The first kappa shape index (κ1) is 17.6. The fourth-order valence-electron chi connectivity index (χ4n) is 2.21. The molecule has 7 heteroatoms. The van der Waals surface area contributed by atoms with E-state index in [1.807, 2.05) is 12.1 Å². The minimum absolute atomic E-state index is 0.0716. The predicted octanol–water partition coefficient (Wildman–Crippen LogP) is 2.05. The van der Waals surface area contributed by atoms with E-state index in [-0.39, 0.29) is 5.91 Å². The molecule has 2 amide bonds. The van der Waals surface area contributed by atoms with Crippen LogP contribution in [0.4, 0.5) is 4.79 Å². The number of nitrogens with zero attached hydrogens (tertiary/aromatic N) is 2. The van der Waals surface area contributed by atoms with Gasteiger partial charge in [0.2, 0.25) is 5.91 Å². The first-order chi connectivity index (χ1) is 10.8. The van der Waals surface area contributed by atoms with E-state index < -0.39 is 17.7 Å². The molecule has 1 fully saturated rings. The molecule has 1 saturated heterocycles. The number of rotatable bonds is 4. The fraction of sp³-hybridized carbons (Fsp3) is 0.562. The predicted molar refractivity (Wildman–Crippen MR) is 90.1 cm³/mol. The Labute approximate surface area is 141 Å². The molecule has 2 heterocycles. The van der Waals surface area contributed by atoms with Crippen molar-refractivity contribution in [1.82, 2.24) is 15.2 Å². The first-order valence-electron chi connectivity index (χ1n) is 7.60. The highest BCUT2D eigenvalue weighted by Crippen LogP contribution is 2.16. The quantitative estimate of drug-likeness (QED) is 0.910. The molecule has 1 N–H and O–H groups in total. The van der Waals surface area contributed by atoms with E-state index in [4.69, 9.17) is 4.74 Å². The minimum Gasteiger partial charge on any atom is -0.444 e. The lowest BCUT2D eigenvalue weighted by Crippen LogP contribution is -2.50. The Morgan fingerprint density at radius 2 is 2.09 bits per heavy atom. The van der Waals surface area contributed by atoms with Crippen LogP contribution in [0.3, 0.4) is 0 Å². The van der Waals surface area contributed by atoms with Crippen LogP contribution in [0.15, 0.2) is 24.5 Å². The third kappa shape index (κ3) is 5.74. The zero-order valence-electron chi connectivity index (χ0n) is 13.7. The summed E-state index contributed by atoms with van der Waals surface area (Å²) in [4.78, 5) is 30.5. The van der Waals surface area contributed by atoms with Crippen molar-refractivity contribution in [2.45, 2.75) is 38.8 Å². The number of hydrogen-bond donors (Lipinski definition) is 1. The molecular weight excluding hydrogens is 314 g/mol. The Hall–Kier alpha value is -1.76. The number of aromatic nitrogens is 1. The zero-order valence-corrected chi connectivity index (χ0v) is 14.6. The molecule has 0 radical (unpaired) electrons. The maximum atomic E-state index is 12.7. The normalized spacial score (nSPS) is 16.0. The summed E-state index contributed by atoms with van der Waals surface area (Å²) in [5.74, 6) is 1.53. The molecule has 0 aliphatic carbocycles. The van der Waals surface area contributed by atoms with Crippen LogP contribution in [0.2, 0.25) is 0 Å². The Morgan fingerprint density at radius 1 is 1.39 bits per heavy atom. The Balaban J connectivity index is 2.07. The van der Waals surface area contributed by atoms with Crippen LogP contribution < -0.4 is 5.32 Å². The molecule has 2 rings (SSSR count). The number of ether oxygens (including phenoxy) is 1. The van der Waals surface area contributed by atoms with Crippen molar-refractivity contribution in [2.75, 3.05) is 18.2 Å². The van der Waals surface area contributed by atoms with Gasteiger partial charge in [-0.05, 0) is 38.5 Å². The van der Waals surface area contributed by atoms with Crippen LogP contribution in [0.5, 0.6) is 0 Å². The topological polar surface area (TPSA) is 71.5 Å². The number of thioether (sulfide) groups is 1. The molecule has 126 valence electrons. The van der Waals surface area contributed by atoms with E-state index in [0.717, 1.165) is 11.3 Å². The SMILES string of the molecule is CC(C)(C)OC(=O)N[C@H](Cc1ccncc1)C(=O)N1CCSC1. The lowest BCUT2D eigenvalue weighted by atomic mass is 10.1. The second-order valence-corrected chi connectivity index (χ2v) is 7.47. The second kappa shape index (κ2) is 7.68. The summed E-state index contributed by atoms with van der Waals surface area (Å²) in [6, 6.07) is 3.05. The van der Waals surface area contributed by atoms with Crippen molar-refractivity contribution in [2.24, 2.45) is 0 Å². The van der Waals surface area contributed by atoms with Crippen LogP contribution in [-0.2, 0) is 16.0 Å². The van der Waals surface area contributed by atoms with Gasteiger partial charge < -0.3 is 15.0 Å². The van der Waals surface area contributed by atoms with Crippen LogP contribution in [0.1, 0.15) is 26.3 Å². The van der Waals surface area contributed by atoms with Gasteiger partial charge in [0, 0.05) is 31.1 Å². The van der Waals surface area contributed by atoms with Crippen molar-refractivity contribution >= 4 is 23.8 Å². The molecule has 0 aromatic carbocycles. The highest BCUT2D eigenvalue weighted by molar-refractivity contribution is 7.99. The molecule has 0 bridgehead atoms. The molecule has 1 aromatic rings. The molecule has 23 heavy (non-hydrogen) atoms. The number of carbonyl (C=O) groups is 2. The van der Waals surface area contributed by atoms with Gasteiger partial charge in [0.15, 0.2) is 0 Å². The molecule has 0 spiro atoms. The number of amides is 2. The van der Waals surface area contributed by atoms with Crippen molar-refractivity contribution in [1.29, 1.82) is 0 Å². The number of hydrogen-bond acceptors (Lipinski definition) is 5. The maximum Gasteiger partial charge on any atom is 0.408 e. The first-order valence-corrected chi connectivity index (χ1v) is 8.75. The Kier molecular flexibility index (Phi) is 5.87. The lowest BCUT2D eigenvalue weighted by Gasteiger charge is -2.26. The summed E-state index contributed by atoms with van der Waals surface area (Å²) in [6.45, 7) is 6.10. The number of alkyl carbamates (subject to hydrolysis) is 1. The van der Waals surface area contributed by atoms with Gasteiger partial charge in [0.25, 0.3) is 0 Å². The van der Waals surface area contributed by atoms with Crippen LogP contribution in [0, 0.1) is 0 Å². The number of nitrogens with one attached hydrogen (secondary N) is 1. The molecule has 1 aromatic heterocycles. The smallest absolute Gasteiger partial charge is 0.408 e. The van der Waals surface area contributed by atoms with Crippen LogP contribution in [-0.4, -0.2) is 51.7 Å². The van der Waals surface area contributed by atoms with Crippen LogP contribution in [0.25, 0.3) is 0 Å². The Bertz CT molecular complexity index is 539. The second-order valence-electron chi connectivity index (χ2n) is 6.40. The standard InChI is InChI=1S/C16H23N3O3S/c1-16(2,3)22-15(21)18-13(10-12-4-6-17-7-5-12)14(20)19-8-9-23-11-19/h4-7,13H,8-11H2,1-3H3,(H,18,21)/t13-/m1/s1. The van der Waals surface area contributed by atoms with Gasteiger partial charge in [-0.1, -0.05) is 0 Å². The monoisotopic (exact) mass is 337 g/mol. The van der Waals surface area contributed by atoms with Gasteiger partial charge in [-0.3, -0.25) is 9.78 Å². The van der Waals surface area contributed by atoms with Crippen molar-refractivity contribution < 1.29 is 14.3 Å². The third-order valence-corrected chi connectivity index (χ3v) is 4.21. The molecule has 0 unspecified atom stereocenters. The summed E-state index contributed by atoms with van der Waals surface area (Å²) >= 11 is 1.71. The number of carbonyl (C=O) groups excluding carboxylic acids is 2. The van der Waals surface area contributed by atoms with Crippen molar-refractivity contribution in [3.05, 3.63) is 30.1 Å². The summed E-state index contributed by atoms with van der Waals surface area (Å²) in [6.07, 6.45) is 3.20. The van der Waals surface area contributed by atoms with Gasteiger partial charge in [-0.15, -0.1) is 11.8 Å². The van der Waals surface area contributed by atoms with E-state index in [9.17, 15) is 9.59 Å². The van der Waals surface area contributed by atoms with E-state index >= 15 is 0 Å². The summed E-state index contributed by atoms with van der Waals surface area (Å²) in [5, 5.41) is 2.72. The average molecular weight is 337 g/mol. The van der Waals surface area contributed by atoms with E-state index in [1.54, 1.807) is 49.8 Å². The molecule has 6 nitrogen and oxygen atoms in total. The van der Waals surface area contributed by atoms with E-state index in [2.05, 4.69) is 10.3 Å². The summed E-state index contributed by atoms with van der Waals surface area (Å²) < 4.78 is 5.28. The highest BCUT2D eigenvalue weighted by atomic mass is 32.2. The van der Waals surface area contributed by atoms with Gasteiger partial charge >= 0.3 is 6.09 Å². The Morgan fingerprint density at radius 3 is 2.65 bits per heavy atom.